The van der Waals surface area contributed by atoms with Gasteiger partial charge in [0.2, 0.25) is 0 Å². The molecule has 6 heteroatoms. The molecule has 0 bridgehead atoms. The van der Waals surface area contributed by atoms with Crippen molar-refractivity contribution in [2.75, 3.05) is 0 Å². The van der Waals surface area contributed by atoms with E-state index in [-0.39, 0.29) is 23.1 Å². The van der Waals surface area contributed by atoms with Gasteiger partial charge >= 0.3 is 0 Å². The zero-order valence-corrected chi connectivity index (χ0v) is 15.5. The molecule has 2 heterocycles. The smallest absolute Gasteiger partial charge is 0.186 e. The molecular weight excluding hydrogens is 380 g/mol. The number of hydrogen-bond donors (Lipinski definition) is 0. The SMILES string of the molecule is O=C1C=CC(=O)C(c2cnc3c(ccc4cc(C5=CC(=O)C=CC5=O)cnc43)c2)=C1. The van der Waals surface area contributed by atoms with Crippen LogP contribution in [0.1, 0.15) is 11.1 Å². The molecule has 0 saturated heterocycles. The lowest BCUT2D eigenvalue weighted by atomic mass is 9.95. The molecule has 2 aromatic heterocycles. The Hall–Kier alpha value is -4.32. The number of hydrogen-bond acceptors (Lipinski definition) is 6. The maximum Gasteiger partial charge on any atom is 0.186 e. The lowest BCUT2D eigenvalue weighted by molar-refractivity contribution is -0.113. The van der Waals surface area contributed by atoms with Gasteiger partial charge < -0.3 is 0 Å². The number of allylic oxidation sites excluding steroid dienone is 8. The van der Waals surface area contributed by atoms with Crippen molar-refractivity contribution in [1.29, 1.82) is 0 Å². The Kier molecular flexibility index (Phi) is 3.93. The third-order valence-electron chi connectivity index (χ3n) is 5.03. The summed E-state index contributed by atoms with van der Waals surface area (Å²) in [6, 6.07) is 7.27. The average Bonchev–Trinajstić information content (AvgIpc) is 2.76. The van der Waals surface area contributed by atoms with Crippen LogP contribution in [0, 0.1) is 0 Å². The summed E-state index contributed by atoms with van der Waals surface area (Å²) in [5.41, 5.74) is 3.00. The molecule has 6 nitrogen and oxygen atoms in total. The topological polar surface area (TPSA) is 94.1 Å². The molecule has 0 spiro atoms. The summed E-state index contributed by atoms with van der Waals surface area (Å²) in [5, 5.41) is 1.53. The molecule has 1 aromatic carbocycles. The van der Waals surface area contributed by atoms with Gasteiger partial charge in [-0.25, -0.2) is 0 Å². The lowest BCUT2D eigenvalue weighted by Crippen LogP contribution is -2.07. The number of carbonyl (C=O) groups is 4. The van der Waals surface area contributed by atoms with Crippen LogP contribution >= 0.6 is 0 Å². The van der Waals surface area contributed by atoms with Crippen LogP contribution in [0.15, 0.2) is 73.1 Å². The summed E-state index contributed by atoms with van der Waals surface area (Å²) in [6.45, 7) is 0. The number of nitrogens with zero attached hydrogens (tertiary/aromatic N) is 2. The summed E-state index contributed by atoms with van der Waals surface area (Å²) in [5.74, 6) is -0.962. The van der Waals surface area contributed by atoms with Crippen molar-refractivity contribution in [3.8, 4) is 0 Å². The molecule has 0 saturated carbocycles. The fourth-order valence-electron chi connectivity index (χ4n) is 3.56. The van der Waals surface area contributed by atoms with Gasteiger partial charge in [-0.1, -0.05) is 12.1 Å². The van der Waals surface area contributed by atoms with E-state index in [4.69, 9.17) is 0 Å². The highest BCUT2D eigenvalue weighted by molar-refractivity contribution is 6.35. The quantitative estimate of drug-likeness (QED) is 0.492. The summed E-state index contributed by atoms with van der Waals surface area (Å²) in [7, 11) is 0. The van der Waals surface area contributed by atoms with Gasteiger partial charge in [-0.2, -0.15) is 0 Å². The molecule has 0 atom stereocenters. The second kappa shape index (κ2) is 6.63. The van der Waals surface area contributed by atoms with E-state index in [9.17, 15) is 19.2 Å². The minimum Gasteiger partial charge on any atom is -0.290 e. The van der Waals surface area contributed by atoms with Gasteiger partial charge in [0.25, 0.3) is 0 Å². The molecule has 2 aliphatic rings. The van der Waals surface area contributed by atoms with E-state index in [1.165, 1.54) is 36.5 Å². The van der Waals surface area contributed by atoms with Gasteiger partial charge in [0.1, 0.15) is 0 Å². The van der Waals surface area contributed by atoms with Gasteiger partial charge in [-0.3, -0.25) is 29.1 Å². The summed E-state index contributed by atoms with van der Waals surface area (Å²) < 4.78 is 0. The van der Waals surface area contributed by atoms with Crippen LogP contribution in [0.2, 0.25) is 0 Å². The largest absolute Gasteiger partial charge is 0.290 e. The van der Waals surface area contributed by atoms with Crippen molar-refractivity contribution in [1.82, 2.24) is 9.97 Å². The molecule has 0 radical (unpaired) electrons. The minimum atomic E-state index is -0.242. The van der Waals surface area contributed by atoms with E-state index in [2.05, 4.69) is 9.97 Å². The van der Waals surface area contributed by atoms with Crippen molar-refractivity contribution < 1.29 is 19.2 Å². The highest BCUT2D eigenvalue weighted by atomic mass is 16.1. The first-order valence-electron chi connectivity index (χ1n) is 9.15. The van der Waals surface area contributed by atoms with Crippen molar-refractivity contribution in [3.63, 3.8) is 0 Å². The highest BCUT2D eigenvalue weighted by Gasteiger charge is 2.18. The molecule has 5 rings (SSSR count). The Morgan fingerprint density at radius 3 is 1.43 bits per heavy atom. The van der Waals surface area contributed by atoms with Crippen LogP contribution in [0.25, 0.3) is 33.0 Å². The standard InChI is InChI=1S/C24H12N2O4/c27-17-3-5-21(29)19(9-17)15-7-13-1-2-14-8-16(12-26-24(14)23(13)25-11-15)20-10-18(28)4-6-22(20)30/h1-12H. The lowest BCUT2D eigenvalue weighted by Gasteiger charge is -2.10. The Morgan fingerprint density at radius 2 is 1.00 bits per heavy atom. The first-order chi connectivity index (χ1) is 14.5. The fourth-order valence-corrected chi connectivity index (χ4v) is 3.56. The second-order valence-corrected chi connectivity index (χ2v) is 6.97. The Morgan fingerprint density at radius 1 is 0.567 bits per heavy atom. The zero-order chi connectivity index (χ0) is 20.8. The van der Waals surface area contributed by atoms with Gasteiger partial charge in [0, 0.05) is 45.4 Å². The Labute approximate surface area is 169 Å². The fraction of sp³-hybridized carbons (Fsp3) is 0. The number of aromatic nitrogens is 2. The predicted octanol–water partition coefficient (Wildman–Crippen LogP) is 2.97. The van der Waals surface area contributed by atoms with Crippen LogP contribution in [-0.4, -0.2) is 33.1 Å². The molecule has 3 aromatic rings. The van der Waals surface area contributed by atoms with Crippen LogP contribution < -0.4 is 0 Å². The minimum absolute atomic E-state index is 0.239. The van der Waals surface area contributed by atoms with Gasteiger partial charge in [-0.05, 0) is 48.6 Å². The first-order valence-corrected chi connectivity index (χ1v) is 9.15. The predicted molar refractivity (Wildman–Crippen MR) is 111 cm³/mol. The molecule has 30 heavy (non-hydrogen) atoms. The van der Waals surface area contributed by atoms with Crippen LogP contribution in [0.5, 0.6) is 0 Å². The highest BCUT2D eigenvalue weighted by Crippen LogP contribution is 2.28. The van der Waals surface area contributed by atoms with E-state index in [1.807, 2.05) is 12.1 Å². The van der Waals surface area contributed by atoms with Gasteiger partial charge in [0.15, 0.2) is 23.1 Å². The van der Waals surface area contributed by atoms with Crippen LogP contribution in [0.3, 0.4) is 0 Å². The first kappa shape index (κ1) is 17.8. The average molecular weight is 392 g/mol. The van der Waals surface area contributed by atoms with Crippen molar-refractivity contribution in [3.05, 3.63) is 84.2 Å². The Bertz CT molecular complexity index is 1340. The summed E-state index contributed by atoms with van der Waals surface area (Å²) in [4.78, 5) is 56.5. The van der Waals surface area contributed by atoms with Gasteiger partial charge in [-0.15, -0.1) is 0 Å². The van der Waals surface area contributed by atoms with Crippen LogP contribution in [-0.2, 0) is 19.2 Å². The molecule has 0 fully saturated rings. The molecule has 0 amide bonds. The third-order valence-corrected chi connectivity index (χ3v) is 5.03. The third kappa shape index (κ3) is 2.91. The maximum atomic E-state index is 12.1. The van der Waals surface area contributed by atoms with Crippen molar-refractivity contribution in [2.45, 2.75) is 0 Å². The van der Waals surface area contributed by atoms with E-state index in [0.717, 1.165) is 10.8 Å². The summed E-state index contributed by atoms with van der Waals surface area (Å²) >= 11 is 0. The van der Waals surface area contributed by atoms with E-state index in [1.54, 1.807) is 24.5 Å². The zero-order valence-electron chi connectivity index (χ0n) is 15.5. The second-order valence-electron chi connectivity index (χ2n) is 6.97. The Balaban J connectivity index is 1.61. The van der Waals surface area contributed by atoms with Crippen LogP contribution in [0.4, 0.5) is 0 Å². The molecule has 142 valence electrons. The van der Waals surface area contributed by atoms with E-state index >= 15 is 0 Å². The van der Waals surface area contributed by atoms with Crippen molar-refractivity contribution in [2.24, 2.45) is 0 Å². The molecule has 2 aliphatic carbocycles. The number of carbonyl (C=O) groups excluding carboxylic acids is 4. The summed E-state index contributed by atoms with van der Waals surface area (Å²) in [6.07, 6.45) is 10.7. The maximum absolute atomic E-state index is 12.1. The number of pyridine rings is 2. The molecule has 0 aliphatic heterocycles. The van der Waals surface area contributed by atoms with E-state index < -0.39 is 0 Å². The molecular formula is C24H12N2O4. The monoisotopic (exact) mass is 392 g/mol. The van der Waals surface area contributed by atoms with E-state index in [0.29, 0.717) is 33.3 Å². The van der Waals surface area contributed by atoms with Crippen molar-refractivity contribution >= 4 is 56.1 Å². The molecule has 0 unspecified atom stereocenters. The number of rotatable bonds is 2. The number of benzene rings is 1. The van der Waals surface area contributed by atoms with Gasteiger partial charge in [0.05, 0.1) is 11.0 Å². The number of fused-ring (bicyclic) bond motifs is 3. The normalized spacial score (nSPS) is 16.4. The molecule has 0 N–H and O–H groups in total. The number of ketones is 4.